The molecule has 2 aromatic rings. The molecular weight excluding hydrogens is 286 g/mol. The molecule has 0 aliphatic carbocycles. The summed E-state index contributed by atoms with van der Waals surface area (Å²) in [4.78, 5) is 11.1. The van der Waals surface area contributed by atoms with E-state index < -0.39 is 15.9 Å². The molecule has 0 atom stereocenters. The standard InChI is InChI=1S/C16H15NO3S/c1-3-16(18)17-21(19,20)15-10-8-14(9-11-15)13-6-4-12(2)5-7-13/h3-11H,1H2,2H3,(H,17,18). The summed E-state index contributed by atoms with van der Waals surface area (Å²) in [5.41, 5.74) is 3.06. The van der Waals surface area contributed by atoms with Gasteiger partial charge in [-0.15, -0.1) is 0 Å². The fourth-order valence-corrected chi connectivity index (χ4v) is 2.77. The molecule has 0 aliphatic rings. The lowest BCUT2D eigenvalue weighted by atomic mass is 10.0. The topological polar surface area (TPSA) is 63.2 Å². The number of aryl methyl sites for hydroxylation is 1. The summed E-state index contributed by atoms with van der Waals surface area (Å²) < 4.78 is 25.7. The molecule has 0 aromatic heterocycles. The zero-order valence-electron chi connectivity index (χ0n) is 11.5. The van der Waals surface area contributed by atoms with Crippen LogP contribution < -0.4 is 4.72 Å². The minimum Gasteiger partial charge on any atom is -0.269 e. The van der Waals surface area contributed by atoms with Crippen molar-refractivity contribution in [3.05, 3.63) is 66.7 Å². The van der Waals surface area contributed by atoms with Gasteiger partial charge < -0.3 is 0 Å². The quantitative estimate of drug-likeness (QED) is 0.883. The molecule has 1 amide bonds. The minimum absolute atomic E-state index is 0.0357. The molecule has 0 saturated heterocycles. The van der Waals surface area contributed by atoms with Gasteiger partial charge in [0.2, 0.25) is 0 Å². The lowest BCUT2D eigenvalue weighted by molar-refractivity contribution is -0.114. The maximum atomic E-state index is 11.9. The van der Waals surface area contributed by atoms with E-state index in [1.807, 2.05) is 35.9 Å². The highest BCUT2D eigenvalue weighted by Gasteiger charge is 2.15. The fraction of sp³-hybridized carbons (Fsp3) is 0.0625. The largest absolute Gasteiger partial charge is 0.269 e. The van der Waals surface area contributed by atoms with Crippen molar-refractivity contribution < 1.29 is 13.2 Å². The van der Waals surface area contributed by atoms with Crippen molar-refractivity contribution in [3.8, 4) is 11.1 Å². The third-order valence-electron chi connectivity index (χ3n) is 2.97. The third-order valence-corrected chi connectivity index (χ3v) is 4.33. The maximum Gasteiger partial charge on any atom is 0.264 e. The number of hydrogen-bond donors (Lipinski definition) is 1. The molecular formula is C16H15NO3S. The molecule has 0 aliphatic heterocycles. The van der Waals surface area contributed by atoms with Crippen LogP contribution in [0.3, 0.4) is 0 Å². The van der Waals surface area contributed by atoms with Gasteiger partial charge >= 0.3 is 0 Å². The molecule has 0 bridgehead atoms. The number of rotatable bonds is 4. The second kappa shape index (κ2) is 5.93. The van der Waals surface area contributed by atoms with Crippen LogP contribution in [0.5, 0.6) is 0 Å². The molecule has 1 N–H and O–H groups in total. The summed E-state index contributed by atoms with van der Waals surface area (Å²) in [6.45, 7) is 5.22. The zero-order chi connectivity index (χ0) is 15.5. The molecule has 0 saturated carbocycles. The maximum absolute atomic E-state index is 11.9. The Balaban J connectivity index is 2.28. The Hall–Kier alpha value is -2.40. The molecule has 0 radical (unpaired) electrons. The third kappa shape index (κ3) is 3.58. The van der Waals surface area contributed by atoms with E-state index >= 15 is 0 Å². The first-order valence-corrected chi connectivity index (χ1v) is 7.77. The minimum atomic E-state index is -3.85. The second-order valence-corrected chi connectivity index (χ2v) is 6.25. The highest BCUT2D eigenvalue weighted by molar-refractivity contribution is 7.90. The van der Waals surface area contributed by atoms with Crippen LogP contribution in [-0.4, -0.2) is 14.3 Å². The molecule has 2 aromatic carbocycles. The molecule has 21 heavy (non-hydrogen) atoms. The Morgan fingerprint density at radius 3 is 1.95 bits per heavy atom. The highest BCUT2D eigenvalue weighted by Crippen LogP contribution is 2.21. The number of benzene rings is 2. The van der Waals surface area contributed by atoms with Crippen molar-refractivity contribution in [1.82, 2.24) is 4.72 Å². The van der Waals surface area contributed by atoms with Gasteiger partial charge in [-0.05, 0) is 36.3 Å². The summed E-state index contributed by atoms with van der Waals surface area (Å²) in [7, 11) is -3.85. The SMILES string of the molecule is C=CC(=O)NS(=O)(=O)c1ccc(-c2ccc(C)cc2)cc1. The van der Waals surface area contributed by atoms with Crippen molar-refractivity contribution in [1.29, 1.82) is 0 Å². The number of carbonyl (C=O) groups excluding carboxylic acids is 1. The van der Waals surface area contributed by atoms with E-state index in [9.17, 15) is 13.2 Å². The van der Waals surface area contributed by atoms with Crippen LogP contribution in [0.1, 0.15) is 5.56 Å². The molecule has 4 nitrogen and oxygen atoms in total. The van der Waals surface area contributed by atoms with Crippen molar-refractivity contribution in [2.45, 2.75) is 11.8 Å². The Morgan fingerprint density at radius 1 is 1.00 bits per heavy atom. The normalized spacial score (nSPS) is 10.9. The summed E-state index contributed by atoms with van der Waals surface area (Å²) in [6.07, 6.45) is 0.915. The van der Waals surface area contributed by atoms with Gasteiger partial charge in [0.05, 0.1) is 4.90 Å². The van der Waals surface area contributed by atoms with E-state index in [4.69, 9.17) is 0 Å². The molecule has 2 rings (SSSR count). The van der Waals surface area contributed by atoms with E-state index in [0.717, 1.165) is 22.8 Å². The molecule has 108 valence electrons. The summed E-state index contributed by atoms with van der Waals surface area (Å²) >= 11 is 0. The monoisotopic (exact) mass is 301 g/mol. The van der Waals surface area contributed by atoms with Crippen LogP contribution in [0, 0.1) is 6.92 Å². The van der Waals surface area contributed by atoms with Crippen molar-refractivity contribution >= 4 is 15.9 Å². The van der Waals surface area contributed by atoms with E-state index in [-0.39, 0.29) is 4.90 Å². The van der Waals surface area contributed by atoms with Crippen LogP contribution in [0.4, 0.5) is 0 Å². The first kappa shape index (κ1) is 15.0. The molecule has 0 unspecified atom stereocenters. The van der Waals surface area contributed by atoms with Gasteiger partial charge in [-0.1, -0.05) is 48.5 Å². The lowest BCUT2D eigenvalue weighted by Crippen LogP contribution is -2.28. The fourth-order valence-electron chi connectivity index (χ4n) is 1.81. The Bertz CT molecular complexity index is 760. The Labute approximate surface area is 124 Å². The zero-order valence-corrected chi connectivity index (χ0v) is 12.4. The summed E-state index contributed by atoms with van der Waals surface area (Å²) in [5.74, 6) is -0.752. The van der Waals surface area contributed by atoms with Crippen LogP contribution >= 0.6 is 0 Å². The predicted octanol–water partition coefficient (Wildman–Crippen LogP) is 2.65. The van der Waals surface area contributed by atoms with Crippen LogP contribution in [-0.2, 0) is 14.8 Å². The smallest absolute Gasteiger partial charge is 0.264 e. The van der Waals surface area contributed by atoms with Gasteiger partial charge in [-0.2, -0.15) is 0 Å². The van der Waals surface area contributed by atoms with Gasteiger partial charge in [-0.3, -0.25) is 4.79 Å². The van der Waals surface area contributed by atoms with Crippen LogP contribution in [0.25, 0.3) is 11.1 Å². The van der Waals surface area contributed by atoms with Gasteiger partial charge in [0.15, 0.2) is 0 Å². The summed E-state index contributed by atoms with van der Waals surface area (Å²) in [6, 6.07) is 14.3. The number of sulfonamides is 1. The van der Waals surface area contributed by atoms with Crippen LogP contribution in [0.15, 0.2) is 66.1 Å². The van der Waals surface area contributed by atoms with E-state index in [0.29, 0.717) is 0 Å². The average molecular weight is 301 g/mol. The van der Waals surface area contributed by atoms with Crippen molar-refractivity contribution in [2.75, 3.05) is 0 Å². The van der Waals surface area contributed by atoms with Crippen molar-refractivity contribution in [3.63, 3.8) is 0 Å². The van der Waals surface area contributed by atoms with E-state index in [1.54, 1.807) is 12.1 Å². The molecule has 0 heterocycles. The first-order valence-electron chi connectivity index (χ1n) is 6.29. The van der Waals surface area contributed by atoms with Gasteiger partial charge in [0.25, 0.3) is 15.9 Å². The van der Waals surface area contributed by atoms with E-state index in [1.165, 1.54) is 12.1 Å². The summed E-state index contributed by atoms with van der Waals surface area (Å²) in [5, 5.41) is 0. The number of carbonyl (C=O) groups is 1. The van der Waals surface area contributed by atoms with Gasteiger partial charge in [-0.25, -0.2) is 13.1 Å². The van der Waals surface area contributed by atoms with Gasteiger partial charge in [0.1, 0.15) is 0 Å². The lowest BCUT2D eigenvalue weighted by Gasteiger charge is -2.06. The first-order chi connectivity index (χ1) is 9.92. The average Bonchev–Trinajstić information content (AvgIpc) is 2.47. The van der Waals surface area contributed by atoms with E-state index in [2.05, 4.69) is 6.58 Å². The number of nitrogens with one attached hydrogen (secondary N) is 1. The molecule has 5 heteroatoms. The molecule has 0 spiro atoms. The highest BCUT2D eigenvalue weighted by atomic mass is 32.2. The Kier molecular flexibility index (Phi) is 4.23. The van der Waals surface area contributed by atoms with Gasteiger partial charge in [0, 0.05) is 0 Å². The van der Waals surface area contributed by atoms with Crippen LogP contribution in [0.2, 0.25) is 0 Å². The number of amides is 1. The van der Waals surface area contributed by atoms with Crippen molar-refractivity contribution in [2.24, 2.45) is 0 Å². The molecule has 0 fully saturated rings. The Morgan fingerprint density at radius 2 is 1.48 bits per heavy atom. The number of hydrogen-bond acceptors (Lipinski definition) is 3. The second-order valence-electron chi connectivity index (χ2n) is 4.56. The predicted molar refractivity (Wildman–Crippen MR) is 82.1 cm³/mol.